The first-order valence-corrected chi connectivity index (χ1v) is 8.89. The van der Waals surface area contributed by atoms with E-state index in [9.17, 15) is 13.6 Å². The van der Waals surface area contributed by atoms with Gasteiger partial charge in [0.15, 0.2) is 5.78 Å². The van der Waals surface area contributed by atoms with Crippen LogP contribution in [0.25, 0.3) is 0 Å². The summed E-state index contributed by atoms with van der Waals surface area (Å²) in [6, 6.07) is 14.2. The quantitative estimate of drug-likeness (QED) is 0.490. The molecule has 0 amide bonds. The van der Waals surface area contributed by atoms with Gasteiger partial charge in [-0.1, -0.05) is 34.1 Å². The van der Waals surface area contributed by atoms with Gasteiger partial charge in [0.25, 0.3) is 0 Å². The first kappa shape index (κ1) is 18.4. The molecule has 0 aliphatic carbocycles. The van der Waals surface area contributed by atoms with Crippen molar-refractivity contribution in [2.24, 2.45) is 0 Å². The van der Waals surface area contributed by atoms with E-state index >= 15 is 0 Å². The minimum atomic E-state index is -0.656. The average Bonchev–Trinajstić information content (AvgIpc) is 2.61. The minimum absolute atomic E-state index is 0.0770. The van der Waals surface area contributed by atoms with Gasteiger partial charge in [-0.15, -0.1) is 0 Å². The molecular weight excluding hydrogens is 400 g/mol. The molecule has 0 radical (unpaired) electrons. The van der Waals surface area contributed by atoms with Gasteiger partial charge in [-0.25, -0.2) is 8.78 Å². The van der Waals surface area contributed by atoms with E-state index in [4.69, 9.17) is 0 Å². The number of carbonyl (C=O) groups excluding carboxylic acids is 1. The molecule has 0 bridgehead atoms. The summed E-state index contributed by atoms with van der Waals surface area (Å²) in [7, 11) is 0. The Bertz CT molecular complexity index is 941. The zero-order chi connectivity index (χ0) is 18.7. The molecule has 0 spiro atoms. The zero-order valence-electron chi connectivity index (χ0n) is 14.0. The number of pyridine rings is 1. The van der Waals surface area contributed by atoms with Crippen LogP contribution in [0, 0.1) is 18.6 Å². The van der Waals surface area contributed by atoms with Crippen LogP contribution >= 0.6 is 15.9 Å². The van der Waals surface area contributed by atoms with E-state index < -0.39 is 17.6 Å². The van der Waals surface area contributed by atoms with Crippen molar-refractivity contribution in [3.05, 3.63) is 99.3 Å². The van der Waals surface area contributed by atoms with E-state index in [0.717, 1.165) is 21.8 Å². The predicted molar refractivity (Wildman–Crippen MR) is 100 cm³/mol. The number of carbonyl (C=O) groups is 1. The molecule has 0 aliphatic rings. The summed E-state index contributed by atoms with van der Waals surface area (Å²) >= 11 is 3.37. The molecule has 2 aromatic carbocycles. The number of aryl methyl sites for hydroxylation is 1. The number of nitrogens with zero attached hydrogens (tertiary/aromatic N) is 1. The average molecular weight is 416 g/mol. The second-order valence-corrected chi connectivity index (χ2v) is 7.00. The molecule has 1 heterocycles. The van der Waals surface area contributed by atoms with Crippen molar-refractivity contribution in [1.29, 1.82) is 0 Å². The van der Waals surface area contributed by atoms with Gasteiger partial charge >= 0.3 is 0 Å². The summed E-state index contributed by atoms with van der Waals surface area (Å²) in [6.45, 7) is 1.81. The number of halogens is 3. The Morgan fingerprint density at radius 3 is 2.46 bits per heavy atom. The second kappa shape index (κ2) is 7.87. The number of rotatable bonds is 5. The van der Waals surface area contributed by atoms with Gasteiger partial charge < -0.3 is 0 Å². The summed E-state index contributed by atoms with van der Waals surface area (Å²) in [5.41, 5.74) is 2.36. The first-order chi connectivity index (χ1) is 12.4. The number of ketones is 1. The normalized spacial score (nSPS) is 12.0. The third-order valence-corrected chi connectivity index (χ3v) is 4.75. The molecule has 5 heteroatoms. The van der Waals surface area contributed by atoms with Crippen LogP contribution in [0.3, 0.4) is 0 Å². The maximum atomic E-state index is 14.4. The van der Waals surface area contributed by atoms with Crippen molar-refractivity contribution in [3.8, 4) is 0 Å². The fourth-order valence-corrected chi connectivity index (χ4v) is 3.17. The van der Waals surface area contributed by atoms with Crippen molar-refractivity contribution in [1.82, 2.24) is 4.98 Å². The number of hydrogen-bond acceptors (Lipinski definition) is 2. The molecule has 3 aromatic rings. The number of Topliss-reactive ketones (excluding diaryl/α,β-unsaturated/α-hetero) is 1. The molecule has 0 aliphatic heterocycles. The Labute approximate surface area is 159 Å². The maximum absolute atomic E-state index is 14.4. The third-order valence-electron chi connectivity index (χ3n) is 4.22. The van der Waals surface area contributed by atoms with Crippen molar-refractivity contribution < 1.29 is 13.6 Å². The highest BCUT2D eigenvalue weighted by Gasteiger charge is 2.22. The topological polar surface area (TPSA) is 30.0 Å². The van der Waals surface area contributed by atoms with E-state index in [2.05, 4.69) is 20.9 Å². The van der Waals surface area contributed by atoms with Crippen LogP contribution in [-0.2, 0) is 0 Å². The molecule has 1 aromatic heterocycles. The Hall–Kier alpha value is -2.40. The summed E-state index contributed by atoms with van der Waals surface area (Å²) in [4.78, 5) is 16.9. The summed E-state index contributed by atoms with van der Waals surface area (Å²) < 4.78 is 28.6. The van der Waals surface area contributed by atoms with Crippen molar-refractivity contribution in [2.45, 2.75) is 19.3 Å². The van der Waals surface area contributed by atoms with Gasteiger partial charge in [0.05, 0.1) is 0 Å². The van der Waals surface area contributed by atoms with Gasteiger partial charge in [-0.05, 0) is 48.4 Å². The lowest BCUT2D eigenvalue weighted by molar-refractivity contribution is 0.0977. The van der Waals surface area contributed by atoms with Crippen LogP contribution in [0.2, 0.25) is 0 Å². The lowest BCUT2D eigenvalue weighted by Crippen LogP contribution is -2.11. The summed E-state index contributed by atoms with van der Waals surface area (Å²) in [6.07, 6.45) is 1.66. The van der Waals surface area contributed by atoms with Crippen molar-refractivity contribution >= 4 is 21.7 Å². The lowest BCUT2D eigenvalue weighted by atomic mass is 9.85. The number of benzene rings is 2. The molecule has 26 heavy (non-hydrogen) atoms. The number of aromatic nitrogens is 1. The van der Waals surface area contributed by atoms with Crippen molar-refractivity contribution in [3.63, 3.8) is 0 Å². The lowest BCUT2D eigenvalue weighted by Gasteiger charge is -2.18. The van der Waals surface area contributed by atoms with Crippen LogP contribution in [-0.4, -0.2) is 10.8 Å². The fraction of sp³-hybridized carbons (Fsp3) is 0.143. The molecule has 0 fully saturated rings. The molecule has 0 N–H and O–H groups in total. The van der Waals surface area contributed by atoms with Crippen LogP contribution in [0.15, 0.2) is 65.3 Å². The maximum Gasteiger partial charge on any atom is 0.163 e. The van der Waals surface area contributed by atoms with E-state index in [1.165, 1.54) is 12.1 Å². The molecule has 3 rings (SSSR count). The standard InChI is InChI=1S/C21H16BrF2NO/c1-13-10-15(8-9-25-13)21(26)12-19(14-2-4-16(22)5-3-14)18-7-6-17(23)11-20(18)24/h2-11,19H,12H2,1H3/t19-/m1/s1. The van der Waals surface area contributed by atoms with Gasteiger partial charge in [-0.3, -0.25) is 9.78 Å². The largest absolute Gasteiger partial charge is 0.294 e. The predicted octanol–water partition coefficient (Wildman–Crippen LogP) is 5.84. The SMILES string of the molecule is Cc1cc(C(=O)C[C@H](c2ccc(Br)cc2)c2ccc(F)cc2F)ccn1. The fourth-order valence-electron chi connectivity index (χ4n) is 2.91. The highest BCUT2D eigenvalue weighted by atomic mass is 79.9. The van der Waals surface area contributed by atoms with Crippen LogP contribution in [0.5, 0.6) is 0 Å². The van der Waals surface area contributed by atoms with Gasteiger partial charge in [0, 0.05) is 40.3 Å². The highest BCUT2D eigenvalue weighted by molar-refractivity contribution is 9.10. The van der Waals surface area contributed by atoms with Gasteiger partial charge in [0.1, 0.15) is 11.6 Å². The zero-order valence-corrected chi connectivity index (χ0v) is 15.6. The molecule has 0 saturated heterocycles. The Morgan fingerprint density at radius 2 is 1.81 bits per heavy atom. The van der Waals surface area contributed by atoms with E-state index in [0.29, 0.717) is 11.1 Å². The van der Waals surface area contributed by atoms with E-state index in [-0.39, 0.29) is 12.2 Å². The minimum Gasteiger partial charge on any atom is -0.294 e. The molecule has 1 atom stereocenters. The highest BCUT2D eigenvalue weighted by Crippen LogP contribution is 2.32. The molecule has 0 unspecified atom stereocenters. The Morgan fingerprint density at radius 1 is 1.08 bits per heavy atom. The van der Waals surface area contributed by atoms with Gasteiger partial charge in [-0.2, -0.15) is 0 Å². The first-order valence-electron chi connectivity index (χ1n) is 8.10. The molecule has 2 nitrogen and oxygen atoms in total. The van der Waals surface area contributed by atoms with E-state index in [1.807, 2.05) is 31.2 Å². The summed E-state index contributed by atoms with van der Waals surface area (Å²) in [5.74, 6) is -1.93. The van der Waals surface area contributed by atoms with Crippen molar-refractivity contribution in [2.75, 3.05) is 0 Å². The van der Waals surface area contributed by atoms with Crippen LogP contribution in [0.4, 0.5) is 8.78 Å². The monoisotopic (exact) mass is 415 g/mol. The molecule has 0 saturated carbocycles. The molecule has 132 valence electrons. The molecular formula is C21H16BrF2NO. The van der Waals surface area contributed by atoms with Crippen LogP contribution in [0.1, 0.15) is 39.5 Å². The Kier molecular flexibility index (Phi) is 5.57. The van der Waals surface area contributed by atoms with Gasteiger partial charge in [0.2, 0.25) is 0 Å². The van der Waals surface area contributed by atoms with Crippen LogP contribution < -0.4 is 0 Å². The summed E-state index contributed by atoms with van der Waals surface area (Å²) in [5, 5.41) is 0. The number of hydrogen-bond donors (Lipinski definition) is 0. The third kappa shape index (κ3) is 4.22. The second-order valence-electron chi connectivity index (χ2n) is 6.08. The Balaban J connectivity index is 2.00. The smallest absolute Gasteiger partial charge is 0.163 e. The van der Waals surface area contributed by atoms with E-state index in [1.54, 1.807) is 18.3 Å².